The Labute approximate surface area is 176 Å². The molecule has 7 heteroatoms. The highest BCUT2D eigenvalue weighted by Gasteiger charge is 2.24. The number of rotatable bonds is 3. The number of halogens is 1. The van der Waals surface area contributed by atoms with Gasteiger partial charge in [-0.25, -0.2) is 0 Å². The molecule has 0 saturated carbocycles. The molecule has 2 aliphatic heterocycles. The molecule has 1 unspecified atom stereocenters. The molecule has 2 heterocycles. The van der Waals surface area contributed by atoms with E-state index in [9.17, 15) is 4.79 Å². The van der Waals surface area contributed by atoms with Crippen molar-refractivity contribution in [1.29, 1.82) is 0 Å². The molecule has 2 aromatic carbocycles. The number of nitrogens with one attached hydrogen (secondary N) is 1. The van der Waals surface area contributed by atoms with Gasteiger partial charge in [0.15, 0.2) is 0 Å². The van der Waals surface area contributed by atoms with Gasteiger partial charge in [0, 0.05) is 31.5 Å². The van der Waals surface area contributed by atoms with Gasteiger partial charge in [-0.3, -0.25) is 10.2 Å². The molecule has 1 N–H and O–H groups in total. The van der Waals surface area contributed by atoms with E-state index in [0.29, 0.717) is 6.42 Å². The Bertz CT molecular complexity index is 984. The van der Waals surface area contributed by atoms with Gasteiger partial charge in [0.1, 0.15) is 5.84 Å². The Morgan fingerprint density at radius 3 is 2.69 bits per heavy atom. The van der Waals surface area contributed by atoms with Crippen molar-refractivity contribution in [2.75, 3.05) is 11.9 Å². The number of anilines is 1. The fourth-order valence-corrected chi connectivity index (χ4v) is 3.59. The largest absolute Gasteiger partial charge is 0.315 e. The molecule has 6 nitrogen and oxygen atoms in total. The number of fused-ring (bicyclic) bond motifs is 1. The highest BCUT2D eigenvalue weighted by Crippen LogP contribution is 2.29. The van der Waals surface area contributed by atoms with E-state index in [1.54, 1.807) is 11.1 Å². The summed E-state index contributed by atoms with van der Waals surface area (Å²) in [4.78, 5) is 13.6. The van der Waals surface area contributed by atoms with Crippen LogP contribution < -0.4 is 10.3 Å². The van der Waals surface area contributed by atoms with E-state index in [4.69, 9.17) is 0 Å². The van der Waals surface area contributed by atoms with Crippen molar-refractivity contribution < 1.29 is 4.79 Å². The van der Waals surface area contributed by atoms with Gasteiger partial charge in [0.25, 0.3) is 0 Å². The van der Waals surface area contributed by atoms with Crippen LogP contribution in [0.2, 0.25) is 0 Å². The lowest BCUT2D eigenvalue weighted by Crippen LogP contribution is -2.31. The van der Waals surface area contributed by atoms with Crippen LogP contribution >= 0.6 is 12.4 Å². The van der Waals surface area contributed by atoms with Crippen molar-refractivity contribution in [2.24, 2.45) is 21.2 Å². The Morgan fingerprint density at radius 2 is 1.93 bits per heavy atom. The van der Waals surface area contributed by atoms with Gasteiger partial charge < -0.3 is 4.90 Å². The van der Waals surface area contributed by atoms with E-state index in [1.807, 2.05) is 49.5 Å². The maximum Gasteiger partial charge on any atom is 0.227 e. The summed E-state index contributed by atoms with van der Waals surface area (Å²) in [5.41, 5.74) is 8.26. The molecule has 0 radical (unpaired) electrons. The van der Waals surface area contributed by atoms with Gasteiger partial charge in [-0.1, -0.05) is 43.3 Å². The molecule has 0 spiro atoms. The third-order valence-corrected chi connectivity index (χ3v) is 5.17. The molecule has 1 amide bonds. The molecule has 0 aromatic heterocycles. The molecule has 150 valence electrons. The minimum Gasteiger partial charge on any atom is -0.315 e. The van der Waals surface area contributed by atoms with Crippen LogP contribution in [0.3, 0.4) is 0 Å². The maximum absolute atomic E-state index is 11.9. The van der Waals surface area contributed by atoms with Crippen molar-refractivity contribution in [1.82, 2.24) is 5.43 Å². The zero-order valence-electron chi connectivity index (χ0n) is 16.5. The topological polar surface area (TPSA) is 69.4 Å². The van der Waals surface area contributed by atoms with Crippen molar-refractivity contribution in [3.63, 3.8) is 0 Å². The summed E-state index contributed by atoms with van der Waals surface area (Å²) in [6.07, 6.45) is 3.85. The molecular weight excluding hydrogens is 386 g/mol. The number of amides is 1. The first-order valence-electron chi connectivity index (χ1n) is 9.50. The summed E-state index contributed by atoms with van der Waals surface area (Å²) in [5.74, 6) is 1.15. The fraction of sp³-hybridized carbons (Fsp3) is 0.273. The van der Waals surface area contributed by atoms with Crippen molar-refractivity contribution in [3.8, 4) is 0 Å². The lowest BCUT2D eigenvalue weighted by atomic mass is 9.91. The van der Waals surface area contributed by atoms with Gasteiger partial charge in [0.05, 0.1) is 11.9 Å². The number of carbonyl (C=O) groups excluding carboxylic acids is 1. The molecule has 2 aromatic rings. The predicted molar refractivity (Wildman–Crippen MR) is 120 cm³/mol. The number of amidine groups is 1. The first-order valence-corrected chi connectivity index (χ1v) is 9.50. The zero-order chi connectivity index (χ0) is 19.5. The molecule has 4 rings (SSSR count). The van der Waals surface area contributed by atoms with Crippen LogP contribution in [0.15, 0.2) is 63.8 Å². The van der Waals surface area contributed by atoms with Crippen LogP contribution in [0, 0.1) is 5.92 Å². The van der Waals surface area contributed by atoms with Gasteiger partial charge in [-0.15, -0.1) is 17.5 Å². The summed E-state index contributed by atoms with van der Waals surface area (Å²) in [6.45, 7) is 2.14. The lowest BCUT2D eigenvalue weighted by molar-refractivity contribution is -0.118. The second kappa shape index (κ2) is 9.01. The van der Waals surface area contributed by atoms with Crippen LogP contribution in [0.25, 0.3) is 0 Å². The maximum atomic E-state index is 11.9. The average Bonchev–Trinajstić information content (AvgIpc) is 2.71. The summed E-state index contributed by atoms with van der Waals surface area (Å²) < 4.78 is 0. The smallest absolute Gasteiger partial charge is 0.227 e. The Balaban J connectivity index is 0.00000240. The van der Waals surface area contributed by atoms with Gasteiger partial charge in [-0.05, 0) is 35.2 Å². The molecule has 0 aliphatic carbocycles. The molecule has 0 fully saturated rings. The molecule has 0 saturated heterocycles. The summed E-state index contributed by atoms with van der Waals surface area (Å²) >= 11 is 0. The quantitative estimate of drug-likeness (QED) is 0.619. The molecule has 0 bridgehead atoms. The number of aryl methyl sites for hydroxylation is 1. The number of carbonyl (C=O) groups is 1. The van der Waals surface area contributed by atoms with Gasteiger partial charge in [0.2, 0.25) is 5.91 Å². The van der Waals surface area contributed by atoms with Crippen LogP contribution in [-0.4, -0.2) is 30.7 Å². The number of hydrazone groups is 1. The highest BCUT2D eigenvalue weighted by molar-refractivity contribution is 6.07. The Kier molecular flexibility index (Phi) is 6.44. The SMILES string of the molecule is CC1CC(NN=Cc2ccccc2)=NN=C1c1ccc2c(c1)CCC(=O)N2C.Cl. The minimum absolute atomic E-state index is 0. The average molecular weight is 410 g/mol. The third kappa shape index (κ3) is 4.54. The monoisotopic (exact) mass is 409 g/mol. The number of benzene rings is 2. The van der Waals surface area contributed by atoms with Gasteiger partial charge >= 0.3 is 0 Å². The van der Waals surface area contributed by atoms with Crippen LogP contribution in [0.5, 0.6) is 0 Å². The summed E-state index contributed by atoms with van der Waals surface area (Å²) in [5, 5.41) is 13.0. The summed E-state index contributed by atoms with van der Waals surface area (Å²) in [6, 6.07) is 16.1. The Morgan fingerprint density at radius 1 is 1.14 bits per heavy atom. The highest BCUT2D eigenvalue weighted by atomic mass is 35.5. The van der Waals surface area contributed by atoms with E-state index >= 15 is 0 Å². The standard InChI is InChI=1S/C22H23N5O.ClH/c1-15-12-20(24-23-14-16-6-4-3-5-7-16)25-26-22(15)18-8-10-19-17(13-18)9-11-21(28)27(19)2;/h3-8,10,13-15H,9,11-12H2,1-2H3,(H,24,25);1H. The van der Waals surface area contributed by atoms with Crippen LogP contribution in [0.4, 0.5) is 5.69 Å². The van der Waals surface area contributed by atoms with E-state index in [2.05, 4.69) is 33.7 Å². The molecule has 2 aliphatic rings. The van der Waals surface area contributed by atoms with Crippen molar-refractivity contribution in [3.05, 3.63) is 65.2 Å². The lowest BCUT2D eigenvalue weighted by Gasteiger charge is -2.27. The second-order valence-corrected chi connectivity index (χ2v) is 7.21. The predicted octanol–water partition coefficient (Wildman–Crippen LogP) is 3.78. The molecule has 29 heavy (non-hydrogen) atoms. The van der Waals surface area contributed by atoms with E-state index in [1.165, 1.54) is 5.56 Å². The van der Waals surface area contributed by atoms with E-state index in [-0.39, 0.29) is 24.2 Å². The normalized spacial score (nSPS) is 18.6. The van der Waals surface area contributed by atoms with Crippen molar-refractivity contribution >= 4 is 41.8 Å². The first-order chi connectivity index (χ1) is 13.6. The second-order valence-electron chi connectivity index (χ2n) is 7.21. The molecular formula is C22H24ClN5O. The fourth-order valence-electron chi connectivity index (χ4n) is 3.59. The van der Waals surface area contributed by atoms with Crippen molar-refractivity contribution in [2.45, 2.75) is 26.2 Å². The number of nitrogens with zero attached hydrogens (tertiary/aromatic N) is 4. The number of hydrogen-bond acceptors (Lipinski definition) is 5. The van der Waals surface area contributed by atoms with Crippen LogP contribution in [0.1, 0.15) is 36.5 Å². The number of hydrogen-bond donors (Lipinski definition) is 1. The van der Waals surface area contributed by atoms with E-state index in [0.717, 1.165) is 41.2 Å². The summed E-state index contributed by atoms with van der Waals surface area (Å²) in [7, 11) is 1.83. The van der Waals surface area contributed by atoms with Gasteiger partial charge in [-0.2, -0.15) is 10.2 Å². The zero-order valence-corrected chi connectivity index (χ0v) is 17.3. The molecule has 1 atom stereocenters. The first kappa shape index (κ1) is 20.7. The minimum atomic E-state index is 0. The Hall–Kier alpha value is -2.99. The third-order valence-electron chi connectivity index (χ3n) is 5.17. The van der Waals surface area contributed by atoms with Crippen LogP contribution in [-0.2, 0) is 11.2 Å². The van der Waals surface area contributed by atoms with E-state index < -0.39 is 0 Å².